The van der Waals surface area contributed by atoms with E-state index in [9.17, 15) is 19.7 Å². The number of hydrogen-bond acceptors (Lipinski definition) is 5. The van der Waals surface area contributed by atoms with Crippen molar-refractivity contribution in [2.24, 2.45) is 0 Å². The Morgan fingerprint density at radius 3 is 2.52 bits per heavy atom. The number of nitrogens with one attached hydrogen (secondary N) is 1. The molecular formula is C20H24N2O5. The van der Waals surface area contributed by atoms with Gasteiger partial charge in [0.1, 0.15) is 6.10 Å². The molecule has 1 aliphatic carbocycles. The van der Waals surface area contributed by atoms with Gasteiger partial charge < -0.3 is 10.1 Å². The first-order chi connectivity index (χ1) is 13.0. The van der Waals surface area contributed by atoms with Gasteiger partial charge in [-0.2, -0.15) is 0 Å². The van der Waals surface area contributed by atoms with Crippen LogP contribution in [0.25, 0.3) is 0 Å². The van der Waals surface area contributed by atoms with Crippen LogP contribution < -0.4 is 5.32 Å². The minimum absolute atomic E-state index is 0.0166. The lowest BCUT2D eigenvalue weighted by molar-refractivity contribution is -0.385. The van der Waals surface area contributed by atoms with Gasteiger partial charge in [0.05, 0.1) is 10.5 Å². The van der Waals surface area contributed by atoms with Crippen LogP contribution in [0.3, 0.4) is 0 Å². The van der Waals surface area contributed by atoms with Crippen LogP contribution in [-0.4, -0.2) is 22.9 Å². The fourth-order valence-corrected chi connectivity index (χ4v) is 3.96. The molecule has 1 aromatic carbocycles. The molecule has 144 valence electrons. The quantitative estimate of drug-likeness (QED) is 0.376. The third-order valence-electron chi connectivity index (χ3n) is 5.27. The van der Waals surface area contributed by atoms with Crippen molar-refractivity contribution < 1.29 is 19.2 Å². The molecule has 0 saturated heterocycles. The van der Waals surface area contributed by atoms with E-state index >= 15 is 0 Å². The first-order valence-corrected chi connectivity index (χ1v) is 9.42. The van der Waals surface area contributed by atoms with Crippen LogP contribution in [-0.2, 0) is 14.3 Å². The normalized spacial score (nSPS) is 21.4. The van der Waals surface area contributed by atoms with Crippen molar-refractivity contribution in [3.63, 3.8) is 0 Å². The Balaban J connectivity index is 1.92. The average molecular weight is 372 g/mol. The van der Waals surface area contributed by atoms with E-state index in [-0.39, 0.29) is 24.1 Å². The summed E-state index contributed by atoms with van der Waals surface area (Å²) in [5.41, 5.74) is 0.996. The standard InChI is InChI=1S/C20H24N2O5/c1-13-19(20(24)27-14-8-4-2-3-5-9-14)16(12-18(23)21-13)15-10-6-7-11-17(15)22(25)26/h6-7,10-11,14,16H,2-5,8-9,12H2,1H3,(H,21,23)/t16-/m1/s1. The number of carbonyl (C=O) groups is 2. The zero-order chi connectivity index (χ0) is 19.4. The molecule has 0 aromatic heterocycles. The van der Waals surface area contributed by atoms with Gasteiger partial charge in [0.15, 0.2) is 0 Å². The monoisotopic (exact) mass is 372 g/mol. The summed E-state index contributed by atoms with van der Waals surface area (Å²) in [6, 6.07) is 6.25. The molecule has 7 heteroatoms. The summed E-state index contributed by atoms with van der Waals surface area (Å²) in [4.78, 5) is 36.0. The number of para-hydroxylation sites is 1. The van der Waals surface area contributed by atoms with Gasteiger partial charge in [0.2, 0.25) is 5.91 Å². The van der Waals surface area contributed by atoms with Crippen LogP contribution in [0.1, 0.15) is 63.4 Å². The van der Waals surface area contributed by atoms with Crippen LogP contribution in [0.5, 0.6) is 0 Å². The van der Waals surface area contributed by atoms with Gasteiger partial charge in [-0.1, -0.05) is 31.0 Å². The van der Waals surface area contributed by atoms with Crippen LogP contribution in [0.2, 0.25) is 0 Å². The molecule has 1 N–H and O–H groups in total. The molecule has 27 heavy (non-hydrogen) atoms. The molecule has 0 spiro atoms. The number of carbonyl (C=O) groups excluding carboxylic acids is 2. The third kappa shape index (κ3) is 4.35. The smallest absolute Gasteiger partial charge is 0.336 e. The maximum Gasteiger partial charge on any atom is 0.336 e. The molecule has 1 amide bonds. The minimum atomic E-state index is -0.682. The average Bonchev–Trinajstić information content (AvgIpc) is 2.89. The molecule has 0 radical (unpaired) electrons. The first kappa shape index (κ1) is 19.1. The summed E-state index contributed by atoms with van der Waals surface area (Å²) in [5.74, 6) is -1.43. The Labute approximate surface area is 157 Å². The molecule has 1 atom stereocenters. The van der Waals surface area contributed by atoms with Gasteiger partial charge in [-0.3, -0.25) is 14.9 Å². The number of nitro benzene ring substituents is 1. The number of nitrogens with zero attached hydrogens (tertiary/aromatic N) is 1. The lowest BCUT2D eigenvalue weighted by atomic mass is 9.83. The topological polar surface area (TPSA) is 98.5 Å². The molecule has 3 rings (SSSR count). The summed E-state index contributed by atoms with van der Waals surface area (Å²) in [7, 11) is 0. The molecule has 2 aliphatic rings. The molecule has 7 nitrogen and oxygen atoms in total. The van der Waals surface area contributed by atoms with E-state index in [0.717, 1.165) is 38.5 Å². The van der Waals surface area contributed by atoms with Crippen LogP contribution in [0.15, 0.2) is 35.5 Å². The van der Waals surface area contributed by atoms with Gasteiger partial charge in [0, 0.05) is 29.7 Å². The second kappa shape index (κ2) is 8.33. The van der Waals surface area contributed by atoms with Crippen molar-refractivity contribution in [2.45, 2.75) is 63.9 Å². The number of esters is 1. The molecule has 1 aliphatic heterocycles. The highest BCUT2D eigenvalue weighted by Crippen LogP contribution is 2.38. The Hall–Kier alpha value is -2.70. The molecule has 1 saturated carbocycles. The Morgan fingerprint density at radius 1 is 1.19 bits per heavy atom. The van der Waals surface area contributed by atoms with Crippen molar-refractivity contribution in [3.05, 3.63) is 51.2 Å². The van der Waals surface area contributed by atoms with Crippen LogP contribution in [0, 0.1) is 10.1 Å². The number of nitro groups is 1. The van der Waals surface area contributed by atoms with Gasteiger partial charge >= 0.3 is 5.97 Å². The van der Waals surface area contributed by atoms with Crippen molar-refractivity contribution in [2.75, 3.05) is 0 Å². The van der Waals surface area contributed by atoms with Gasteiger partial charge in [0.25, 0.3) is 5.69 Å². The summed E-state index contributed by atoms with van der Waals surface area (Å²) in [6.45, 7) is 1.64. The van der Waals surface area contributed by atoms with Gasteiger partial charge in [-0.25, -0.2) is 4.79 Å². The zero-order valence-corrected chi connectivity index (χ0v) is 15.4. The fourth-order valence-electron chi connectivity index (χ4n) is 3.96. The number of hydrogen-bond donors (Lipinski definition) is 1. The number of benzene rings is 1. The maximum atomic E-state index is 13.0. The zero-order valence-electron chi connectivity index (χ0n) is 15.4. The van der Waals surface area contributed by atoms with Crippen molar-refractivity contribution in [3.8, 4) is 0 Å². The highest BCUT2D eigenvalue weighted by Gasteiger charge is 2.36. The third-order valence-corrected chi connectivity index (χ3v) is 5.27. The molecule has 0 unspecified atom stereocenters. The second-order valence-corrected chi connectivity index (χ2v) is 7.18. The SMILES string of the molecule is CC1=C(C(=O)OC2CCCCCC2)[C@@H](c2ccccc2[N+](=O)[O-])CC(=O)N1. The van der Waals surface area contributed by atoms with E-state index in [4.69, 9.17) is 4.74 Å². The lowest BCUT2D eigenvalue weighted by Gasteiger charge is -2.27. The number of allylic oxidation sites excluding steroid dienone is 1. The van der Waals surface area contributed by atoms with Crippen molar-refractivity contribution in [1.29, 1.82) is 0 Å². The summed E-state index contributed by atoms with van der Waals surface area (Å²) in [6.07, 6.45) is 5.86. The van der Waals surface area contributed by atoms with Crippen LogP contribution in [0.4, 0.5) is 5.69 Å². The Bertz CT molecular complexity index is 778. The van der Waals surface area contributed by atoms with Gasteiger partial charge in [-0.05, 0) is 32.6 Å². The molecule has 1 fully saturated rings. The van der Waals surface area contributed by atoms with Crippen LogP contribution >= 0.6 is 0 Å². The lowest BCUT2D eigenvalue weighted by Crippen LogP contribution is -2.35. The van der Waals surface area contributed by atoms with E-state index in [2.05, 4.69) is 5.32 Å². The minimum Gasteiger partial charge on any atom is -0.459 e. The highest BCUT2D eigenvalue weighted by molar-refractivity contribution is 5.96. The van der Waals surface area contributed by atoms with E-state index in [1.54, 1.807) is 25.1 Å². The van der Waals surface area contributed by atoms with E-state index < -0.39 is 16.8 Å². The molecular weight excluding hydrogens is 348 g/mol. The Morgan fingerprint density at radius 2 is 1.85 bits per heavy atom. The summed E-state index contributed by atoms with van der Waals surface area (Å²) < 4.78 is 5.75. The number of amides is 1. The van der Waals surface area contributed by atoms with Gasteiger partial charge in [-0.15, -0.1) is 0 Å². The predicted octanol–water partition coefficient (Wildman–Crippen LogP) is 3.74. The highest BCUT2D eigenvalue weighted by atomic mass is 16.6. The molecule has 1 heterocycles. The summed E-state index contributed by atoms with van der Waals surface area (Å²) >= 11 is 0. The van der Waals surface area contributed by atoms with E-state index in [0.29, 0.717) is 16.8 Å². The van der Waals surface area contributed by atoms with Crippen molar-refractivity contribution >= 4 is 17.6 Å². The number of rotatable bonds is 4. The second-order valence-electron chi connectivity index (χ2n) is 7.18. The summed E-state index contributed by atoms with van der Waals surface area (Å²) in [5, 5.41) is 14.1. The van der Waals surface area contributed by atoms with Crippen molar-refractivity contribution in [1.82, 2.24) is 5.32 Å². The fraction of sp³-hybridized carbons (Fsp3) is 0.500. The van der Waals surface area contributed by atoms with E-state index in [1.807, 2.05) is 0 Å². The molecule has 1 aromatic rings. The first-order valence-electron chi connectivity index (χ1n) is 9.42. The number of ether oxygens (including phenoxy) is 1. The van der Waals surface area contributed by atoms with E-state index in [1.165, 1.54) is 6.07 Å². The maximum absolute atomic E-state index is 13.0. The predicted molar refractivity (Wildman–Crippen MR) is 98.9 cm³/mol. The Kier molecular flexibility index (Phi) is 5.88. The largest absolute Gasteiger partial charge is 0.459 e. The molecule has 0 bridgehead atoms.